The maximum atomic E-state index is 11.2. The van der Waals surface area contributed by atoms with Crippen molar-refractivity contribution in [3.05, 3.63) is 21.7 Å². The molecule has 0 aromatic carbocycles. The molecule has 0 bridgehead atoms. The molecule has 1 aromatic rings. The number of carbonyl (C=O) groups is 1. The van der Waals surface area contributed by atoms with E-state index in [0.717, 1.165) is 11.8 Å². The van der Waals surface area contributed by atoms with E-state index < -0.39 is 17.3 Å². The second-order valence-corrected chi connectivity index (χ2v) is 5.26. The molecule has 0 amide bonds. The lowest BCUT2D eigenvalue weighted by Crippen LogP contribution is -2.26. The number of aliphatic hydroxyl groups is 1. The van der Waals surface area contributed by atoms with Crippen LogP contribution in [0.25, 0.3) is 0 Å². The van der Waals surface area contributed by atoms with Crippen LogP contribution in [0.2, 0.25) is 0 Å². The van der Waals surface area contributed by atoms with Gasteiger partial charge in [-0.2, -0.15) is 4.98 Å². The molecule has 0 aliphatic heterocycles. The number of aryl methyl sites for hydroxylation is 1. The number of H-pyrrole nitrogens is 1. The van der Waals surface area contributed by atoms with Crippen molar-refractivity contribution in [2.24, 2.45) is 0 Å². The monoisotopic (exact) mass is 272 g/mol. The molecule has 0 aliphatic carbocycles. The second-order valence-electron chi connectivity index (χ2n) is 4.29. The fourth-order valence-electron chi connectivity index (χ4n) is 1.24. The van der Waals surface area contributed by atoms with E-state index in [-0.39, 0.29) is 22.0 Å². The normalized spacial score (nSPS) is 14.2. The van der Waals surface area contributed by atoms with Crippen LogP contribution in [-0.4, -0.2) is 37.5 Å². The molecule has 3 N–H and O–H groups in total. The van der Waals surface area contributed by atoms with Crippen LogP contribution < -0.4 is 5.69 Å². The van der Waals surface area contributed by atoms with Crippen LogP contribution in [0.5, 0.6) is 0 Å². The van der Waals surface area contributed by atoms with E-state index in [0.29, 0.717) is 6.42 Å². The Kier molecular flexibility index (Phi) is 4.53. The summed E-state index contributed by atoms with van der Waals surface area (Å²) in [6.45, 7) is 4.99. The van der Waals surface area contributed by atoms with Gasteiger partial charge in [0.25, 0.3) is 0 Å². The number of nitrogens with one attached hydrogen (secondary N) is 1. The third-order valence-electron chi connectivity index (χ3n) is 2.58. The van der Waals surface area contributed by atoms with Gasteiger partial charge in [-0.3, -0.25) is 0 Å². The summed E-state index contributed by atoms with van der Waals surface area (Å²) >= 11 is 1.07. The molecule has 18 heavy (non-hydrogen) atoms. The average Bonchev–Trinajstić information content (AvgIpc) is 2.25. The Morgan fingerprint density at radius 2 is 2.17 bits per heavy atom. The van der Waals surface area contributed by atoms with Gasteiger partial charge in [-0.25, -0.2) is 9.59 Å². The van der Waals surface area contributed by atoms with Crippen LogP contribution in [0.1, 0.15) is 36.3 Å². The Hall–Kier alpha value is -1.34. The number of carboxylic acids is 1. The average molecular weight is 272 g/mol. The molecule has 0 radical (unpaired) electrons. The smallest absolute Gasteiger partial charge is 0.346 e. The third-order valence-corrected chi connectivity index (χ3v) is 3.92. The van der Waals surface area contributed by atoms with E-state index in [1.54, 1.807) is 6.92 Å². The van der Waals surface area contributed by atoms with E-state index in [9.17, 15) is 14.7 Å². The van der Waals surface area contributed by atoms with Crippen molar-refractivity contribution >= 4 is 17.7 Å². The fraction of sp³-hybridized carbons (Fsp3) is 0.545. The van der Waals surface area contributed by atoms with Crippen LogP contribution in [0, 0.1) is 6.92 Å². The van der Waals surface area contributed by atoms with E-state index in [1.807, 2.05) is 6.92 Å². The highest BCUT2D eigenvalue weighted by atomic mass is 32.2. The highest BCUT2D eigenvalue weighted by Gasteiger charge is 2.22. The van der Waals surface area contributed by atoms with Crippen molar-refractivity contribution in [2.45, 2.75) is 37.8 Å². The number of hydrogen-bond donors (Lipinski definition) is 3. The van der Waals surface area contributed by atoms with Gasteiger partial charge in [-0.05, 0) is 20.3 Å². The minimum atomic E-state index is -1.14. The Morgan fingerprint density at radius 3 is 2.67 bits per heavy atom. The van der Waals surface area contributed by atoms with Gasteiger partial charge in [0.2, 0.25) is 0 Å². The van der Waals surface area contributed by atoms with Gasteiger partial charge < -0.3 is 15.2 Å². The van der Waals surface area contributed by atoms with Crippen LogP contribution >= 0.6 is 11.8 Å². The van der Waals surface area contributed by atoms with Gasteiger partial charge in [0.05, 0.1) is 5.60 Å². The number of aromatic amines is 1. The molecule has 6 nitrogen and oxygen atoms in total. The predicted octanol–water partition coefficient (Wildman–Crippen LogP) is 1.03. The van der Waals surface area contributed by atoms with Crippen molar-refractivity contribution in [1.29, 1.82) is 0 Å². The van der Waals surface area contributed by atoms with Crippen molar-refractivity contribution in [3.63, 3.8) is 0 Å². The van der Waals surface area contributed by atoms with Crippen molar-refractivity contribution in [2.75, 3.05) is 5.75 Å². The lowest BCUT2D eigenvalue weighted by atomic mass is 10.1. The summed E-state index contributed by atoms with van der Waals surface area (Å²) in [4.78, 5) is 28.4. The molecule has 1 aromatic heterocycles. The Morgan fingerprint density at radius 1 is 1.56 bits per heavy atom. The van der Waals surface area contributed by atoms with Gasteiger partial charge in [-0.15, -0.1) is 11.8 Å². The Labute approximate surface area is 108 Å². The Balaban J connectivity index is 3.08. The van der Waals surface area contributed by atoms with E-state index in [4.69, 9.17) is 5.11 Å². The minimum absolute atomic E-state index is 0.0218. The number of thioether (sulfide) groups is 1. The SMILES string of the molecule is CCC(C)(O)CSc1nc(=O)[nH]c(C)c1C(=O)O. The molecule has 7 heteroatoms. The summed E-state index contributed by atoms with van der Waals surface area (Å²) in [5.41, 5.74) is -1.26. The van der Waals surface area contributed by atoms with E-state index in [2.05, 4.69) is 9.97 Å². The summed E-state index contributed by atoms with van der Waals surface area (Å²) in [6.07, 6.45) is 0.532. The van der Waals surface area contributed by atoms with Gasteiger partial charge in [-0.1, -0.05) is 6.92 Å². The zero-order valence-electron chi connectivity index (χ0n) is 10.5. The number of carboxylic acid groups (broad SMARTS) is 1. The summed E-state index contributed by atoms with van der Waals surface area (Å²) in [6, 6.07) is 0. The number of rotatable bonds is 5. The van der Waals surface area contributed by atoms with Crippen molar-refractivity contribution < 1.29 is 15.0 Å². The van der Waals surface area contributed by atoms with Crippen LogP contribution in [0.3, 0.4) is 0 Å². The molecule has 0 saturated heterocycles. The molecular weight excluding hydrogens is 256 g/mol. The van der Waals surface area contributed by atoms with Gasteiger partial charge in [0.1, 0.15) is 10.6 Å². The van der Waals surface area contributed by atoms with Gasteiger partial charge >= 0.3 is 11.7 Å². The molecule has 0 fully saturated rings. The molecule has 0 spiro atoms. The number of aromatic nitrogens is 2. The minimum Gasteiger partial charge on any atom is -0.478 e. The third kappa shape index (κ3) is 3.58. The van der Waals surface area contributed by atoms with Crippen molar-refractivity contribution in [3.8, 4) is 0 Å². The number of aromatic carboxylic acids is 1. The topological polar surface area (TPSA) is 103 Å². The first-order valence-corrected chi connectivity index (χ1v) is 6.45. The van der Waals surface area contributed by atoms with Crippen LogP contribution in [0.4, 0.5) is 0 Å². The highest BCUT2D eigenvalue weighted by molar-refractivity contribution is 7.99. The maximum absolute atomic E-state index is 11.2. The first kappa shape index (κ1) is 14.7. The molecule has 0 saturated carbocycles. The zero-order chi connectivity index (χ0) is 13.9. The quantitative estimate of drug-likeness (QED) is 0.546. The Bertz CT molecular complexity index is 510. The molecule has 1 unspecified atom stereocenters. The van der Waals surface area contributed by atoms with Gasteiger partial charge in [0.15, 0.2) is 0 Å². The summed E-state index contributed by atoms with van der Waals surface area (Å²) in [5.74, 6) is -0.866. The predicted molar refractivity (Wildman–Crippen MR) is 68.2 cm³/mol. The summed E-state index contributed by atoms with van der Waals surface area (Å²) < 4.78 is 0. The highest BCUT2D eigenvalue weighted by Crippen LogP contribution is 2.25. The molecule has 1 atom stereocenters. The van der Waals surface area contributed by atoms with Gasteiger partial charge in [0, 0.05) is 11.4 Å². The van der Waals surface area contributed by atoms with E-state index >= 15 is 0 Å². The van der Waals surface area contributed by atoms with Crippen LogP contribution in [-0.2, 0) is 0 Å². The van der Waals surface area contributed by atoms with E-state index in [1.165, 1.54) is 6.92 Å². The fourth-order valence-corrected chi connectivity index (χ4v) is 2.43. The number of nitrogens with zero attached hydrogens (tertiary/aromatic N) is 1. The largest absolute Gasteiger partial charge is 0.478 e. The maximum Gasteiger partial charge on any atom is 0.346 e. The lowest BCUT2D eigenvalue weighted by molar-refractivity contribution is 0.0688. The number of hydrogen-bond acceptors (Lipinski definition) is 5. The second kappa shape index (κ2) is 5.53. The first-order chi connectivity index (χ1) is 8.26. The zero-order valence-corrected chi connectivity index (χ0v) is 11.3. The summed E-state index contributed by atoms with van der Waals surface area (Å²) in [7, 11) is 0. The summed E-state index contributed by atoms with van der Waals surface area (Å²) in [5, 5.41) is 19.1. The molecule has 1 rings (SSSR count). The van der Waals surface area contributed by atoms with Crippen molar-refractivity contribution in [1.82, 2.24) is 9.97 Å². The first-order valence-electron chi connectivity index (χ1n) is 5.46. The molecule has 1 heterocycles. The standard InChI is InChI=1S/C11H16N2O4S/c1-4-11(3,17)5-18-8-7(9(14)15)6(2)12-10(16)13-8/h17H,4-5H2,1-3H3,(H,14,15)(H,12,13,16). The van der Waals surface area contributed by atoms with Crippen LogP contribution in [0.15, 0.2) is 9.82 Å². The molecule has 0 aliphatic rings. The molecular formula is C11H16N2O4S. The lowest BCUT2D eigenvalue weighted by Gasteiger charge is -2.20. The molecule has 100 valence electrons.